The predicted octanol–water partition coefficient (Wildman–Crippen LogP) is 1.35. The van der Waals surface area contributed by atoms with Crippen molar-refractivity contribution in [1.82, 2.24) is 5.43 Å². The fourth-order valence-corrected chi connectivity index (χ4v) is 1.09. The first kappa shape index (κ1) is 13.4. The van der Waals surface area contributed by atoms with Gasteiger partial charge in [-0.2, -0.15) is 0 Å². The lowest BCUT2D eigenvalue weighted by Crippen LogP contribution is -2.32. The average Bonchev–Trinajstić information content (AvgIpc) is 2.13. The largest absolute Gasteiger partial charge is 0.373 e. The van der Waals surface area contributed by atoms with E-state index in [1.54, 1.807) is 0 Å². The summed E-state index contributed by atoms with van der Waals surface area (Å²) in [5.74, 6) is 4.83. The maximum Gasteiger partial charge on any atom is 0.233 e. The van der Waals surface area contributed by atoms with Gasteiger partial charge in [0, 0.05) is 6.42 Å². The van der Waals surface area contributed by atoms with E-state index in [2.05, 4.69) is 12.3 Å². The Labute approximate surface area is 86.2 Å². The van der Waals surface area contributed by atoms with Crippen molar-refractivity contribution >= 4 is 5.91 Å². The van der Waals surface area contributed by atoms with Crippen LogP contribution in [0.15, 0.2) is 0 Å². The maximum atomic E-state index is 10.9. The molecule has 0 aliphatic carbocycles. The number of hydrazine groups is 1. The van der Waals surface area contributed by atoms with Crippen molar-refractivity contribution in [3.05, 3.63) is 0 Å². The monoisotopic (exact) mass is 202 g/mol. The quantitative estimate of drug-likeness (QED) is 0.388. The van der Waals surface area contributed by atoms with Crippen LogP contribution in [-0.2, 0) is 9.53 Å². The molecule has 0 saturated heterocycles. The summed E-state index contributed by atoms with van der Waals surface area (Å²) in [6, 6.07) is 0. The van der Waals surface area contributed by atoms with Crippen molar-refractivity contribution in [2.24, 2.45) is 5.84 Å². The number of hydrogen-bond acceptors (Lipinski definition) is 3. The van der Waals surface area contributed by atoms with Gasteiger partial charge in [-0.15, -0.1) is 0 Å². The van der Waals surface area contributed by atoms with Gasteiger partial charge < -0.3 is 4.74 Å². The summed E-state index contributed by atoms with van der Waals surface area (Å²) in [6.45, 7) is 8.15. The van der Waals surface area contributed by atoms with E-state index in [0.29, 0.717) is 12.8 Å². The van der Waals surface area contributed by atoms with Crippen LogP contribution in [-0.4, -0.2) is 17.6 Å². The molecule has 0 spiro atoms. The second kappa shape index (κ2) is 5.98. The van der Waals surface area contributed by atoms with Gasteiger partial charge in [-0.1, -0.05) is 6.92 Å². The molecule has 1 atom stereocenters. The van der Waals surface area contributed by atoms with Crippen molar-refractivity contribution in [2.45, 2.75) is 58.7 Å². The number of amides is 1. The lowest BCUT2D eigenvalue weighted by Gasteiger charge is -2.27. The van der Waals surface area contributed by atoms with E-state index in [1.807, 2.05) is 20.8 Å². The number of nitrogens with two attached hydrogens (primary N) is 1. The Hall–Kier alpha value is -0.610. The molecule has 4 heteroatoms. The van der Waals surface area contributed by atoms with Gasteiger partial charge in [0.15, 0.2) is 0 Å². The highest BCUT2D eigenvalue weighted by Gasteiger charge is 2.19. The molecule has 0 heterocycles. The van der Waals surface area contributed by atoms with Gasteiger partial charge in [0.05, 0.1) is 11.7 Å². The third kappa shape index (κ3) is 5.94. The summed E-state index contributed by atoms with van der Waals surface area (Å²) in [4.78, 5) is 10.9. The minimum absolute atomic E-state index is 0.0854. The molecule has 0 bridgehead atoms. The van der Waals surface area contributed by atoms with Crippen LogP contribution < -0.4 is 11.3 Å². The Morgan fingerprint density at radius 1 is 1.57 bits per heavy atom. The Balaban J connectivity index is 3.75. The molecule has 0 saturated carbocycles. The Kier molecular flexibility index (Phi) is 5.72. The highest BCUT2D eigenvalue weighted by atomic mass is 16.5. The average molecular weight is 202 g/mol. The van der Waals surface area contributed by atoms with Crippen LogP contribution in [0.1, 0.15) is 47.0 Å². The summed E-state index contributed by atoms with van der Waals surface area (Å²) >= 11 is 0. The van der Waals surface area contributed by atoms with Gasteiger partial charge in [-0.25, -0.2) is 5.84 Å². The maximum absolute atomic E-state index is 10.9. The van der Waals surface area contributed by atoms with Gasteiger partial charge in [-0.3, -0.25) is 10.2 Å². The molecule has 0 aliphatic heterocycles. The van der Waals surface area contributed by atoms with Crippen LogP contribution in [0.3, 0.4) is 0 Å². The molecule has 0 fully saturated rings. The third-order valence-corrected chi connectivity index (χ3v) is 2.31. The lowest BCUT2D eigenvalue weighted by atomic mass is 10.1. The van der Waals surface area contributed by atoms with E-state index < -0.39 is 0 Å². The molecular formula is C10H22N2O2. The molecule has 0 aromatic heterocycles. The summed E-state index contributed by atoms with van der Waals surface area (Å²) in [5.41, 5.74) is 1.99. The fourth-order valence-electron chi connectivity index (χ4n) is 1.09. The first-order chi connectivity index (χ1) is 6.41. The van der Waals surface area contributed by atoms with Crippen LogP contribution in [0.2, 0.25) is 0 Å². The molecule has 0 aliphatic rings. The van der Waals surface area contributed by atoms with Gasteiger partial charge in [0.25, 0.3) is 0 Å². The topological polar surface area (TPSA) is 64.3 Å². The second-order valence-electron chi connectivity index (χ2n) is 4.15. The molecule has 14 heavy (non-hydrogen) atoms. The van der Waals surface area contributed by atoms with Crippen molar-refractivity contribution in [3.8, 4) is 0 Å². The zero-order valence-electron chi connectivity index (χ0n) is 9.59. The van der Waals surface area contributed by atoms with Gasteiger partial charge in [0.1, 0.15) is 0 Å². The molecule has 4 nitrogen and oxygen atoms in total. The second-order valence-corrected chi connectivity index (χ2v) is 4.15. The Morgan fingerprint density at radius 3 is 2.57 bits per heavy atom. The number of hydrogen-bond donors (Lipinski definition) is 2. The molecular weight excluding hydrogens is 180 g/mol. The van der Waals surface area contributed by atoms with Crippen molar-refractivity contribution in [1.29, 1.82) is 0 Å². The Bertz CT molecular complexity index is 181. The zero-order valence-corrected chi connectivity index (χ0v) is 9.59. The highest BCUT2D eigenvalue weighted by Crippen LogP contribution is 2.18. The molecule has 0 rings (SSSR count). The van der Waals surface area contributed by atoms with E-state index in [1.165, 1.54) is 0 Å². The first-order valence-electron chi connectivity index (χ1n) is 5.08. The summed E-state index contributed by atoms with van der Waals surface area (Å²) < 4.78 is 5.76. The standard InChI is InChI=1S/C10H22N2O2/c1-5-10(3,4)14-8(2)6-7-9(13)12-11/h8H,5-7,11H2,1-4H3,(H,12,13). The van der Waals surface area contributed by atoms with E-state index in [0.717, 1.165) is 6.42 Å². The van der Waals surface area contributed by atoms with Crippen LogP contribution in [0.5, 0.6) is 0 Å². The Morgan fingerprint density at radius 2 is 2.14 bits per heavy atom. The molecule has 0 radical (unpaired) electrons. The molecule has 0 aromatic carbocycles. The minimum atomic E-state index is -0.144. The van der Waals surface area contributed by atoms with Crippen LogP contribution >= 0.6 is 0 Å². The number of carbonyl (C=O) groups is 1. The summed E-state index contributed by atoms with van der Waals surface area (Å²) in [6.07, 6.45) is 2.16. The van der Waals surface area contributed by atoms with Gasteiger partial charge in [0.2, 0.25) is 5.91 Å². The smallest absolute Gasteiger partial charge is 0.233 e. The van der Waals surface area contributed by atoms with E-state index in [4.69, 9.17) is 10.6 Å². The SMILES string of the molecule is CCC(C)(C)OC(C)CCC(=O)NN. The van der Waals surface area contributed by atoms with Gasteiger partial charge >= 0.3 is 0 Å². The van der Waals surface area contributed by atoms with Crippen molar-refractivity contribution < 1.29 is 9.53 Å². The predicted molar refractivity (Wildman–Crippen MR) is 56.5 cm³/mol. The third-order valence-electron chi connectivity index (χ3n) is 2.31. The molecule has 0 aromatic rings. The zero-order chi connectivity index (χ0) is 11.2. The van der Waals surface area contributed by atoms with Crippen LogP contribution in [0, 0.1) is 0 Å². The van der Waals surface area contributed by atoms with E-state index in [-0.39, 0.29) is 17.6 Å². The fraction of sp³-hybridized carbons (Fsp3) is 0.900. The van der Waals surface area contributed by atoms with E-state index >= 15 is 0 Å². The summed E-state index contributed by atoms with van der Waals surface area (Å²) in [7, 11) is 0. The van der Waals surface area contributed by atoms with Crippen LogP contribution in [0.4, 0.5) is 0 Å². The molecule has 1 amide bonds. The van der Waals surface area contributed by atoms with E-state index in [9.17, 15) is 4.79 Å². The number of nitrogens with one attached hydrogen (secondary N) is 1. The first-order valence-corrected chi connectivity index (χ1v) is 5.08. The van der Waals surface area contributed by atoms with Gasteiger partial charge in [-0.05, 0) is 33.6 Å². The molecule has 1 unspecified atom stereocenters. The highest BCUT2D eigenvalue weighted by molar-refractivity contribution is 5.75. The summed E-state index contributed by atoms with van der Waals surface area (Å²) in [5, 5.41) is 0. The minimum Gasteiger partial charge on any atom is -0.373 e. The number of rotatable bonds is 6. The number of carbonyl (C=O) groups excluding carboxylic acids is 1. The number of ether oxygens (including phenoxy) is 1. The lowest BCUT2D eigenvalue weighted by molar-refractivity contribution is -0.123. The van der Waals surface area contributed by atoms with Crippen molar-refractivity contribution in [3.63, 3.8) is 0 Å². The van der Waals surface area contributed by atoms with Crippen molar-refractivity contribution in [2.75, 3.05) is 0 Å². The molecule has 3 N–H and O–H groups in total. The van der Waals surface area contributed by atoms with Crippen LogP contribution in [0.25, 0.3) is 0 Å². The molecule has 84 valence electrons. The normalized spacial score (nSPS) is 13.8.